The Morgan fingerprint density at radius 1 is 1.29 bits per heavy atom. The van der Waals surface area contributed by atoms with Crippen molar-refractivity contribution >= 4 is 5.97 Å². The zero-order chi connectivity index (χ0) is 11.2. The molecule has 1 N–H and O–H groups in total. The highest BCUT2D eigenvalue weighted by atomic mass is 16.4. The fourth-order valence-corrected chi connectivity index (χ4v) is 1.69. The van der Waals surface area contributed by atoms with Crippen molar-refractivity contribution < 1.29 is 9.90 Å². The van der Waals surface area contributed by atoms with Gasteiger partial charge in [-0.1, -0.05) is 47.0 Å². The average molecular weight is 200 g/mol. The van der Waals surface area contributed by atoms with E-state index in [2.05, 4.69) is 27.7 Å². The normalized spacial score (nSPS) is 14.0. The quantitative estimate of drug-likeness (QED) is 0.664. The second-order valence-electron chi connectivity index (χ2n) is 5.30. The van der Waals surface area contributed by atoms with Crippen LogP contribution in [0, 0.1) is 11.3 Å². The summed E-state index contributed by atoms with van der Waals surface area (Å²) >= 11 is 0. The number of carboxylic acid groups (broad SMARTS) is 1. The Kier molecular flexibility index (Phi) is 5.82. The van der Waals surface area contributed by atoms with Crippen molar-refractivity contribution in [1.29, 1.82) is 0 Å². The van der Waals surface area contributed by atoms with Crippen molar-refractivity contribution in [3.8, 4) is 0 Å². The smallest absolute Gasteiger partial charge is 0.306 e. The van der Waals surface area contributed by atoms with Crippen LogP contribution in [-0.2, 0) is 4.79 Å². The molecule has 0 saturated heterocycles. The maximum Gasteiger partial charge on any atom is 0.306 e. The van der Waals surface area contributed by atoms with Crippen molar-refractivity contribution in [2.24, 2.45) is 11.3 Å². The fraction of sp³-hybridized carbons (Fsp3) is 0.917. The summed E-state index contributed by atoms with van der Waals surface area (Å²) in [6, 6.07) is 0. The first-order valence-electron chi connectivity index (χ1n) is 5.59. The van der Waals surface area contributed by atoms with Gasteiger partial charge in [-0.3, -0.25) is 4.79 Å². The van der Waals surface area contributed by atoms with Gasteiger partial charge in [0.2, 0.25) is 0 Å². The van der Waals surface area contributed by atoms with E-state index in [1.807, 2.05) is 0 Å². The molecule has 84 valence electrons. The molecule has 0 rings (SSSR count). The molecule has 0 radical (unpaired) electrons. The van der Waals surface area contributed by atoms with E-state index in [4.69, 9.17) is 5.11 Å². The van der Waals surface area contributed by atoms with Crippen molar-refractivity contribution in [3.63, 3.8) is 0 Å². The average Bonchev–Trinajstić information content (AvgIpc) is 2.00. The molecule has 2 nitrogen and oxygen atoms in total. The maximum atomic E-state index is 11.0. The van der Waals surface area contributed by atoms with Crippen LogP contribution in [0.1, 0.15) is 59.8 Å². The predicted octanol–water partition coefficient (Wildman–Crippen LogP) is 3.70. The van der Waals surface area contributed by atoms with Crippen LogP contribution in [-0.4, -0.2) is 11.1 Å². The fourth-order valence-electron chi connectivity index (χ4n) is 1.69. The minimum absolute atomic E-state index is 0.120. The van der Waals surface area contributed by atoms with E-state index >= 15 is 0 Å². The summed E-state index contributed by atoms with van der Waals surface area (Å²) in [6.45, 7) is 8.44. The Morgan fingerprint density at radius 2 is 1.86 bits per heavy atom. The Labute approximate surface area is 87.7 Å². The van der Waals surface area contributed by atoms with Crippen LogP contribution in [0.25, 0.3) is 0 Å². The van der Waals surface area contributed by atoms with Crippen LogP contribution >= 0.6 is 0 Å². The molecule has 0 aliphatic rings. The van der Waals surface area contributed by atoms with E-state index in [-0.39, 0.29) is 11.3 Å². The van der Waals surface area contributed by atoms with Crippen molar-refractivity contribution in [2.75, 3.05) is 0 Å². The van der Waals surface area contributed by atoms with Crippen molar-refractivity contribution in [1.82, 2.24) is 0 Å². The molecule has 2 heteroatoms. The molecule has 0 amide bonds. The summed E-state index contributed by atoms with van der Waals surface area (Å²) in [5.74, 6) is -0.780. The Hall–Kier alpha value is -0.530. The number of carbonyl (C=O) groups is 1. The van der Waals surface area contributed by atoms with E-state index in [0.717, 1.165) is 32.1 Å². The van der Waals surface area contributed by atoms with Crippen LogP contribution in [0.2, 0.25) is 0 Å². The van der Waals surface area contributed by atoms with Gasteiger partial charge in [0.25, 0.3) is 0 Å². The molecule has 14 heavy (non-hydrogen) atoms. The molecule has 0 aliphatic heterocycles. The van der Waals surface area contributed by atoms with Crippen LogP contribution in [0.4, 0.5) is 0 Å². The predicted molar refractivity (Wildman–Crippen MR) is 59.3 cm³/mol. The molecule has 0 saturated carbocycles. The van der Waals surface area contributed by atoms with Gasteiger partial charge in [-0.15, -0.1) is 0 Å². The maximum absolute atomic E-state index is 11.0. The van der Waals surface area contributed by atoms with E-state index in [0.29, 0.717) is 0 Å². The third-order valence-corrected chi connectivity index (χ3v) is 2.36. The van der Waals surface area contributed by atoms with Crippen molar-refractivity contribution in [3.05, 3.63) is 0 Å². The number of hydrogen-bond donors (Lipinski definition) is 1. The molecule has 0 heterocycles. The first kappa shape index (κ1) is 13.5. The van der Waals surface area contributed by atoms with Crippen molar-refractivity contribution in [2.45, 2.75) is 59.8 Å². The number of rotatable bonds is 6. The van der Waals surface area contributed by atoms with E-state index in [1.165, 1.54) is 0 Å². The molecule has 0 aromatic heterocycles. The summed E-state index contributed by atoms with van der Waals surface area (Å²) < 4.78 is 0. The molecule has 0 spiro atoms. The minimum Gasteiger partial charge on any atom is -0.481 e. The van der Waals surface area contributed by atoms with E-state index < -0.39 is 5.97 Å². The summed E-state index contributed by atoms with van der Waals surface area (Å²) in [4.78, 5) is 11.0. The van der Waals surface area contributed by atoms with Gasteiger partial charge in [-0.05, 0) is 18.3 Å². The third-order valence-electron chi connectivity index (χ3n) is 2.36. The van der Waals surface area contributed by atoms with Gasteiger partial charge in [-0.25, -0.2) is 0 Å². The lowest BCUT2D eigenvalue weighted by molar-refractivity contribution is -0.143. The molecular formula is C12H24O2. The highest BCUT2D eigenvalue weighted by molar-refractivity contribution is 5.69. The Bertz CT molecular complexity index is 168. The van der Waals surface area contributed by atoms with Gasteiger partial charge in [0, 0.05) is 0 Å². The molecule has 0 bridgehead atoms. The minimum atomic E-state index is -0.629. The lowest BCUT2D eigenvalue weighted by Gasteiger charge is -2.23. The monoisotopic (exact) mass is 200 g/mol. The second kappa shape index (κ2) is 6.05. The molecular weight excluding hydrogens is 176 g/mol. The highest BCUT2D eigenvalue weighted by Gasteiger charge is 2.23. The van der Waals surface area contributed by atoms with Gasteiger partial charge in [0.05, 0.1) is 5.92 Å². The summed E-state index contributed by atoms with van der Waals surface area (Å²) in [6.07, 6.45) is 4.96. The standard InChI is InChI=1S/C12H24O2/c1-5-6-7-8-10(11(13)14)9-12(2,3)4/h10H,5-9H2,1-4H3,(H,13,14). The first-order chi connectivity index (χ1) is 6.37. The first-order valence-corrected chi connectivity index (χ1v) is 5.59. The number of carboxylic acids is 1. The van der Waals surface area contributed by atoms with Crippen LogP contribution in [0.15, 0.2) is 0 Å². The number of unbranched alkanes of at least 4 members (excludes halogenated alkanes) is 2. The summed E-state index contributed by atoms with van der Waals surface area (Å²) in [7, 11) is 0. The third kappa shape index (κ3) is 6.93. The molecule has 0 aliphatic carbocycles. The second-order valence-corrected chi connectivity index (χ2v) is 5.30. The molecule has 0 fully saturated rings. The van der Waals surface area contributed by atoms with Gasteiger partial charge >= 0.3 is 5.97 Å². The van der Waals surface area contributed by atoms with E-state index in [1.54, 1.807) is 0 Å². The van der Waals surface area contributed by atoms with Gasteiger partial charge in [-0.2, -0.15) is 0 Å². The van der Waals surface area contributed by atoms with Crippen LogP contribution in [0.5, 0.6) is 0 Å². The topological polar surface area (TPSA) is 37.3 Å². The molecule has 0 aromatic carbocycles. The largest absolute Gasteiger partial charge is 0.481 e. The lowest BCUT2D eigenvalue weighted by Crippen LogP contribution is -2.20. The lowest BCUT2D eigenvalue weighted by atomic mass is 9.82. The number of aliphatic carboxylic acids is 1. The van der Waals surface area contributed by atoms with Gasteiger partial charge < -0.3 is 5.11 Å². The number of hydrogen-bond acceptors (Lipinski definition) is 1. The molecule has 1 unspecified atom stereocenters. The summed E-state index contributed by atoms with van der Waals surface area (Å²) in [5, 5.41) is 9.04. The van der Waals surface area contributed by atoms with E-state index in [9.17, 15) is 4.79 Å². The SMILES string of the molecule is CCCCCC(CC(C)(C)C)C(=O)O. The Morgan fingerprint density at radius 3 is 2.21 bits per heavy atom. The Balaban J connectivity index is 3.97. The molecule has 0 aromatic rings. The summed E-state index contributed by atoms with van der Waals surface area (Å²) in [5.41, 5.74) is 0.120. The van der Waals surface area contributed by atoms with Gasteiger partial charge in [0.1, 0.15) is 0 Å². The van der Waals surface area contributed by atoms with Crippen LogP contribution in [0.3, 0.4) is 0 Å². The molecule has 1 atom stereocenters. The van der Waals surface area contributed by atoms with Crippen LogP contribution < -0.4 is 0 Å². The zero-order valence-electron chi connectivity index (χ0n) is 9.97. The van der Waals surface area contributed by atoms with Gasteiger partial charge in [0.15, 0.2) is 0 Å². The zero-order valence-corrected chi connectivity index (χ0v) is 9.97. The highest BCUT2D eigenvalue weighted by Crippen LogP contribution is 2.27.